The van der Waals surface area contributed by atoms with E-state index in [2.05, 4.69) is 11.9 Å². The van der Waals surface area contributed by atoms with Crippen LogP contribution < -0.4 is 4.74 Å². The van der Waals surface area contributed by atoms with Crippen LogP contribution in [-0.2, 0) is 13.0 Å². The van der Waals surface area contributed by atoms with E-state index in [1.165, 1.54) is 0 Å². The third-order valence-electron chi connectivity index (χ3n) is 2.95. The summed E-state index contributed by atoms with van der Waals surface area (Å²) in [6.45, 7) is 2.90. The van der Waals surface area contributed by atoms with Crippen molar-refractivity contribution in [3.63, 3.8) is 0 Å². The van der Waals surface area contributed by atoms with Gasteiger partial charge in [0, 0.05) is 25.4 Å². The van der Waals surface area contributed by atoms with Crippen molar-refractivity contribution in [1.82, 2.24) is 9.55 Å². The Morgan fingerprint density at radius 1 is 1.32 bits per heavy atom. The zero-order valence-corrected chi connectivity index (χ0v) is 11.3. The van der Waals surface area contributed by atoms with Gasteiger partial charge in [-0.05, 0) is 24.1 Å². The van der Waals surface area contributed by atoms with Gasteiger partial charge >= 0.3 is 0 Å². The number of hydrogen-bond acceptors (Lipinski definition) is 3. The molecule has 0 N–H and O–H groups in total. The summed E-state index contributed by atoms with van der Waals surface area (Å²) in [7, 11) is 1.63. The minimum Gasteiger partial charge on any atom is -0.497 e. The molecule has 1 aromatic carbocycles. The Bertz CT molecular complexity index is 544. The number of aryl methyl sites for hydroxylation is 1. The van der Waals surface area contributed by atoms with Crippen LogP contribution in [0.1, 0.15) is 29.5 Å². The van der Waals surface area contributed by atoms with E-state index >= 15 is 0 Å². The Balaban J connectivity index is 2.09. The molecule has 0 aliphatic heterocycles. The molecule has 2 rings (SSSR count). The molecule has 0 atom stereocenters. The van der Waals surface area contributed by atoms with E-state index in [1.807, 2.05) is 35.0 Å². The summed E-state index contributed by atoms with van der Waals surface area (Å²) in [6.07, 6.45) is 4.88. The molecule has 0 bridgehead atoms. The molecule has 0 unspecified atom stereocenters. The molecule has 0 aliphatic carbocycles. The summed E-state index contributed by atoms with van der Waals surface area (Å²) < 4.78 is 7.00. The molecule has 0 radical (unpaired) electrons. The van der Waals surface area contributed by atoms with Crippen molar-refractivity contribution in [3.05, 3.63) is 48.0 Å². The third-order valence-corrected chi connectivity index (χ3v) is 2.95. The van der Waals surface area contributed by atoms with Crippen LogP contribution in [0.3, 0.4) is 0 Å². The molecule has 0 aliphatic rings. The fourth-order valence-corrected chi connectivity index (χ4v) is 1.99. The monoisotopic (exact) mass is 258 g/mol. The lowest BCUT2D eigenvalue weighted by molar-refractivity contribution is 0.0978. The number of methoxy groups -OCH3 is 1. The molecule has 0 saturated carbocycles. The fourth-order valence-electron chi connectivity index (χ4n) is 1.99. The topological polar surface area (TPSA) is 44.1 Å². The molecule has 0 amide bonds. The molecule has 1 aromatic heterocycles. The standard InChI is InChI=1S/C15H18N2O2/c1-3-9-17-10-8-16-15(17)14(18)11-12-4-6-13(19-2)7-5-12/h4-8,10H,3,9,11H2,1-2H3. The van der Waals surface area contributed by atoms with Gasteiger partial charge in [-0.3, -0.25) is 4.79 Å². The van der Waals surface area contributed by atoms with Gasteiger partial charge in [0.25, 0.3) is 0 Å². The van der Waals surface area contributed by atoms with E-state index in [0.29, 0.717) is 12.2 Å². The zero-order valence-electron chi connectivity index (χ0n) is 11.3. The number of rotatable bonds is 6. The van der Waals surface area contributed by atoms with Crippen LogP contribution >= 0.6 is 0 Å². The predicted molar refractivity (Wildman–Crippen MR) is 73.5 cm³/mol. The lowest BCUT2D eigenvalue weighted by Gasteiger charge is -2.06. The molecular weight excluding hydrogens is 240 g/mol. The molecule has 100 valence electrons. The number of benzene rings is 1. The first-order chi connectivity index (χ1) is 9.24. The Labute approximate surface area is 113 Å². The van der Waals surface area contributed by atoms with E-state index in [0.717, 1.165) is 24.3 Å². The van der Waals surface area contributed by atoms with Crippen molar-refractivity contribution in [1.29, 1.82) is 0 Å². The van der Waals surface area contributed by atoms with E-state index < -0.39 is 0 Å². The molecule has 0 spiro atoms. The van der Waals surface area contributed by atoms with Crippen molar-refractivity contribution in [2.45, 2.75) is 26.3 Å². The summed E-state index contributed by atoms with van der Waals surface area (Å²) in [6, 6.07) is 7.54. The van der Waals surface area contributed by atoms with Gasteiger partial charge < -0.3 is 9.30 Å². The van der Waals surface area contributed by atoms with Gasteiger partial charge in [-0.2, -0.15) is 0 Å². The molecule has 1 heterocycles. The number of carbonyl (C=O) groups is 1. The second-order valence-corrected chi connectivity index (χ2v) is 4.39. The molecule has 4 nitrogen and oxygen atoms in total. The zero-order chi connectivity index (χ0) is 13.7. The molecular formula is C15H18N2O2. The number of ketones is 1. The maximum Gasteiger partial charge on any atom is 0.202 e. The average Bonchev–Trinajstić information content (AvgIpc) is 2.88. The van der Waals surface area contributed by atoms with E-state index in [9.17, 15) is 4.79 Å². The van der Waals surface area contributed by atoms with Crippen molar-refractivity contribution in [3.8, 4) is 5.75 Å². The van der Waals surface area contributed by atoms with Crippen LogP contribution in [0.25, 0.3) is 0 Å². The Hall–Kier alpha value is -2.10. The minimum absolute atomic E-state index is 0.0450. The summed E-state index contributed by atoms with van der Waals surface area (Å²) in [5, 5.41) is 0. The minimum atomic E-state index is 0.0450. The number of hydrogen-bond donors (Lipinski definition) is 0. The first-order valence-corrected chi connectivity index (χ1v) is 6.42. The van der Waals surface area contributed by atoms with Gasteiger partial charge in [-0.25, -0.2) is 4.98 Å². The molecule has 0 fully saturated rings. The van der Waals surface area contributed by atoms with Crippen LogP contribution in [0.2, 0.25) is 0 Å². The first-order valence-electron chi connectivity index (χ1n) is 6.42. The highest BCUT2D eigenvalue weighted by Gasteiger charge is 2.13. The normalized spacial score (nSPS) is 10.4. The first kappa shape index (κ1) is 13.3. The lowest BCUT2D eigenvalue weighted by Crippen LogP contribution is -2.12. The fraction of sp³-hybridized carbons (Fsp3) is 0.333. The Kier molecular flexibility index (Phi) is 4.34. The van der Waals surface area contributed by atoms with Crippen LogP contribution in [0.4, 0.5) is 0 Å². The van der Waals surface area contributed by atoms with Gasteiger partial charge in [0.2, 0.25) is 5.78 Å². The van der Waals surface area contributed by atoms with Gasteiger partial charge in [0.05, 0.1) is 7.11 Å². The van der Waals surface area contributed by atoms with Gasteiger partial charge in [0.15, 0.2) is 5.82 Å². The van der Waals surface area contributed by atoms with Crippen molar-refractivity contribution >= 4 is 5.78 Å². The van der Waals surface area contributed by atoms with Crippen LogP contribution in [0, 0.1) is 0 Å². The van der Waals surface area contributed by atoms with Crippen LogP contribution in [0.5, 0.6) is 5.75 Å². The van der Waals surface area contributed by atoms with E-state index in [-0.39, 0.29) is 5.78 Å². The summed E-state index contributed by atoms with van der Waals surface area (Å²) in [4.78, 5) is 16.4. The molecule has 0 saturated heterocycles. The van der Waals surface area contributed by atoms with Crippen molar-refractivity contribution < 1.29 is 9.53 Å². The van der Waals surface area contributed by atoms with E-state index in [1.54, 1.807) is 13.3 Å². The Morgan fingerprint density at radius 2 is 2.05 bits per heavy atom. The number of Topliss-reactive ketones (excluding diaryl/α,β-unsaturated/α-hetero) is 1. The average molecular weight is 258 g/mol. The number of imidazole rings is 1. The highest BCUT2D eigenvalue weighted by Crippen LogP contribution is 2.13. The third kappa shape index (κ3) is 3.22. The number of ether oxygens (including phenoxy) is 1. The van der Waals surface area contributed by atoms with E-state index in [4.69, 9.17) is 4.74 Å². The van der Waals surface area contributed by atoms with Crippen LogP contribution in [0.15, 0.2) is 36.7 Å². The Morgan fingerprint density at radius 3 is 2.68 bits per heavy atom. The quantitative estimate of drug-likeness (QED) is 0.748. The maximum atomic E-state index is 12.2. The van der Waals surface area contributed by atoms with Gasteiger partial charge in [-0.1, -0.05) is 19.1 Å². The largest absolute Gasteiger partial charge is 0.497 e. The summed E-state index contributed by atoms with van der Waals surface area (Å²) in [5.41, 5.74) is 0.969. The van der Waals surface area contributed by atoms with Crippen molar-refractivity contribution in [2.24, 2.45) is 0 Å². The predicted octanol–water partition coefficient (Wildman–Crippen LogP) is 2.73. The van der Waals surface area contributed by atoms with Crippen LogP contribution in [-0.4, -0.2) is 22.4 Å². The number of nitrogens with zero attached hydrogens (tertiary/aromatic N) is 2. The highest BCUT2D eigenvalue weighted by molar-refractivity contribution is 5.94. The SMILES string of the molecule is CCCn1ccnc1C(=O)Cc1ccc(OC)cc1. The van der Waals surface area contributed by atoms with Gasteiger partial charge in [-0.15, -0.1) is 0 Å². The maximum absolute atomic E-state index is 12.2. The number of aromatic nitrogens is 2. The number of carbonyl (C=O) groups excluding carboxylic acids is 1. The molecule has 2 aromatic rings. The second-order valence-electron chi connectivity index (χ2n) is 4.39. The molecule has 4 heteroatoms. The molecule has 19 heavy (non-hydrogen) atoms. The highest BCUT2D eigenvalue weighted by atomic mass is 16.5. The lowest BCUT2D eigenvalue weighted by atomic mass is 10.1. The van der Waals surface area contributed by atoms with Gasteiger partial charge in [0.1, 0.15) is 5.75 Å². The van der Waals surface area contributed by atoms with Crippen molar-refractivity contribution in [2.75, 3.05) is 7.11 Å². The summed E-state index contributed by atoms with van der Waals surface area (Å²) >= 11 is 0. The smallest absolute Gasteiger partial charge is 0.202 e. The second kappa shape index (κ2) is 6.18. The summed E-state index contributed by atoms with van der Waals surface area (Å²) in [5.74, 6) is 1.38.